The highest BCUT2D eigenvalue weighted by Crippen LogP contribution is 2.39. The van der Waals surface area contributed by atoms with E-state index in [4.69, 9.17) is 4.74 Å². The maximum Gasteiger partial charge on any atom is 0.171 e. The summed E-state index contributed by atoms with van der Waals surface area (Å²) in [5.74, 6) is -0.103. The molecule has 4 atom stereocenters. The predicted octanol–water partition coefficient (Wildman–Crippen LogP) is 1.55. The van der Waals surface area contributed by atoms with Gasteiger partial charge in [-0.2, -0.15) is 0 Å². The molecule has 4 heteroatoms. The van der Waals surface area contributed by atoms with Crippen LogP contribution in [0.1, 0.15) is 44.9 Å². The first-order valence-corrected chi connectivity index (χ1v) is 7.42. The topological polar surface area (TPSA) is 66.8 Å². The fourth-order valence-corrected chi connectivity index (χ4v) is 3.79. The summed E-state index contributed by atoms with van der Waals surface area (Å²) in [6.07, 6.45) is 6.37. The molecule has 19 heavy (non-hydrogen) atoms. The van der Waals surface area contributed by atoms with E-state index in [0.717, 1.165) is 18.4 Å². The van der Waals surface area contributed by atoms with Crippen LogP contribution < -0.4 is 0 Å². The Morgan fingerprint density at radius 3 is 2.58 bits per heavy atom. The molecule has 0 aromatic rings. The lowest BCUT2D eigenvalue weighted by Gasteiger charge is -2.40. The van der Waals surface area contributed by atoms with Crippen LogP contribution in [0.15, 0.2) is 11.8 Å². The van der Waals surface area contributed by atoms with Gasteiger partial charge in [0.1, 0.15) is 6.10 Å². The second kappa shape index (κ2) is 5.25. The molecule has 2 aliphatic carbocycles. The molecule has 0 saturated heterocycles. The van der Waals surface area contributed by atoms with Gasteiger partial charge < -0.3 is 14.9 Å². The van der Waals surface area contributed by atoms with Crippen LogP contribution in [0.5, 0.6) is 0 Å². The van der Waals surface area contributed by atoms with Gasteiger partial charge in [-0.05, 0) is 18.8 Å². The quantitative estimate of drug-likeness (QED) is 0.755. The lowest BCUT2D eigenvalue weighted by molar-refractivity contribution is -0.141. The predicted molar refractivity (Wildman–Crippen MR) is 69.3 cm³/mol. The summed E-state index contributed by atoms with van der Waals surface area (Å²) in [4.78, 5) is 12.6. The van der Waals surface area contributed by atoms with Crippen molar-refractivity contribution in [2.45, 2.75) is 63.3 Å². The number of allylic oxidation sites excluding steroid dienone is 1. The molecule has 0 spiro atoms. The molecule has 1 heterocycles. The summed E-state index contributed by atoms with van der Waals surface area (Å²) in [5.41, 5.74) is 0.774. The lowest BCUT2D eigenvalue weighted by Crippen LogP contribution is -2.49. The Morgan fingerprint density at radius 1 is 1.11 bits per heavy atom. The first kappa shape index (κ1) is 13.1. The number of rotatable bonds is 1. The molecule has 2 saturated carbocycles. The van der Waals surface area contributed by atoms with Crippen LogP contribution in [0.2, 0.25) is 0 Å². The van der Waals surface area contributed by atoms with Gasteiger partial charge in [0.15, 0.2) is 5.78 Å². The molecule has 0 aromatic heterocycles. The van der Waals surface area contributed by atoms with Gasteiger partial charge in [-0.3, -0.25) is 4.79 Å². The van der Waals surface area contributed by atoms with E-state index in [-0.39, 0.29) is 18.3 Å². The Kier molecular flexibility index (Phi) is 3.63. The van der Waals surface area contributed by atoms with Crippen molar-refractivity contribution in [2.24, 2.45) is 11.8 Å². The molecule has 0 amide bonds. The summed E-state index contributed by atoms with van der Waals surface area (Å²) in [7, 11) is 0. The molecular formula is C15H22O4. The number of carbonyl (C=O) groups excluding carboxylic acids is 1. The Labute approximate surface area is 113 Å². The van der Waals surface area contributed by atoms with Crippen LogP contribution in [-0.4, -0.2) is 34.3 Å². The standard InChI is InChI=1S/C15H22O4/c16-10-6-12(17)14-13(7-10)19-8-11(15(14)18)9-4-2-1-3-5-9/h8-10,12-14,16-17H,1-7H2. The summed E-state index contributed by atoms with van der Waals surface area (Å²) in [5, 5.41) is 19.7. The Balaban J connectivity index is 1.79. The number of ether oxygens (including phenoxy) is 1. The van der Waals surface area contributed by atoms with E-state index in [1.807, 2.05) is 0 Å². The molecule has 4 nitrogen and oxygen atoms in total. The Bertz CT molecular complexity index is 384. The van der Waals surface area contributed by atoms with Crippen LogP contribution in [-0.2, 0) is 9.53 Å². The molecule has 0 bridgehead atoms. The van der Waals surface area contributed by atoms with Crippen LogP contribution >= 0.6 is 0 Å². The third kappa shape index (κ3) is 2.43. The van der Waals surface area contributed by atoms with Gasteiger partial charge in [-0.1, -0.05) is 19.3 Å². The molecule has 0 radical (unpaired) electrons. The average Bonchev–Trinajstić information content (AvgIpc) is 2.39. The van der Waals surface area contributed by atoms with Crippen molar-refractivity contribution in [3.8, 4) is 0 Å². The highest BCUT2D eigenvalue weighted by molar-refractivity contribution is 5.98. The zero-order valence-electron chi connectivity index (χ0n) is 11.1. The monoisotopic (exact) mass is 266 g/mol. The van der Waals surface area contributed by atoms with Gasteiger partial charge in [0.25, 0.3) is 0 Å². The van der Waals surface area contributed by atoms with Crippen molar-refractivity contribution in [3.05, 3.63) is 11.8 Å². The number of aliphatic hydroxyl groups excluding tert-OH is 2. The van der Waals surface area contributed by atoms with Crippen LogP contribution in [0, 0.1) is 11.8 Å². The minimum absolute atomic E-state index is 0.0579. The van der Waals surface area contributed by atoms with Crippen LogP contribution in [0.4, 0.5) is 0 Å². The summed E-state index contributed by atoms with van der Waals surface area (Å²) >= 11 is 0. The molecule has 106 valence electrons. The third-order valence-corrected chi connectivity index (χ3v) is 4.84. The van der Waals surface area contributed by atoms with E-state index in [0.29, 0.717) is 12.3 Å². The van der Waals surface area contributed by atoms with Crippen LogP contribution in [0.3, 0.4) is 0 Å². The van der Waals surface area contributed by atoms with Gasteiger partial charge in [-0.15, -0.1) is 0 Å². The number of carbonyl (C=O) groups is 1. The maximum atomic E-state index is 12.6. The first-order chi connectivity index (χ1) is 9.16. The second-order valence-electron chi connectivity index (χ2n) is 6.17. The molecule has 0 aromatic carbocycles. The number of hydrogen-bond donors (Lipinski definition) is 2. The molecular weight excluding hydrogens is 244 g/mol. The summed E-state index contributed by atoms with van der Waals surface area (Å²) in [6.45, 7) is 0. The van der Waals surface area contributed by atoms with Crippen molar-refractivity contribution >= 4 is 5.78 Å². The van der Waals surface area contributed by atoms with Gasteiger partial charge in [-0.25, -0.2) is 0 Å². The second-order valence-corrected chi connectivity index (χ2v) is 6.17. The number of aliphatic hydroxyl groups is 2. The van der Waals surface area contributed by atoms with Crippen molar-refractivity contribution < 1.29 is 19.7 Å². The fraction of sp³-hybridized carbons (Fsp3) is 0.800. The third-order valence-electron chi connectivity index (χ3n) is 4.84. The maximum absolute atomic E-state index is 12.6. The normalized spacial score (nSPS) is 40.3. The van der Waals surface area contributed by atoms with E-state index in [9.17, 15) is 15.0 Å². The van der Waals surface area contributed by atoms with E-state index in [1.54, 1.807) is 6.26 Å². The highest BCUT2D eigenvalue weighted by atomic mass is 16.5. The summed E-state index contributed by atoms with van der Waals surface area (Å²) < 4.78 is 5.66. The molecule has 2 N–H and O–H groups in total. The Hall–Kier alpha value is -0.870. The number of ketones is 1. The highest BCUT2D eigenvalue weighted by Gasteiger charge is 2.46. The van der Waals surface area contributed by atoms with Gasteiger partial charge >= 0.3 is 0 Å². The van der Waals surface area contributed by atoms with E-state index < -0.39 is 18.1 Å². The van der Waals surface area contributed by atoms with Crippen molar-refractivity contribution in [3.63, 3.8) is 0 Å². The van der Waals surface area contributed by atoms with Crippen molar-refractivity contribution in [1.82, 2.24) is 0 Å². The van der Waals surface area contributed by atoms with Gasteiger partial charge in [0, 0.05) is 18.4 Å². The van der Waals surface area contributed by atoms with E-state index in [1.165, 1.54) is 19.3 Å². The fourth-order valence-electron chi connectivity index (χ4n) is 3.79. The molecule has 3 aliphatic rings. The molecule has 3 rings (SSSR count). The zero-order chi connectivity index (χ0) is 13.4. The Morgan fingerprint density at radius 2 is 1.84 bits per heavy atom. The molecule has 4 unspecified atom stereocenters. The summed E-state index contributed by atoms with van der Waals surface area (Å²) in [6, 6.07) is 0. The van der Waals surface area contributed by atoms with Crippen molar-refractivity contribution in [1.29, 1.82) is 0 Å². The number of Topliss-reactive ketones (excluding diaryl/α,β-unsaturated/α-hetero) is 1. The van der Waals surface area contributed by atoms with E-state index >= 15 is 0 Å². The minimum atomic E-state index is -0.770. The van der Waals surface area contributed by atoms with Crippen molar-refractivity contribution in [2.75, 3.05) is 0 Å². The zero-order valence-corrected chi connectivity index (χ0v) is 11.1. The first-order valence-electron chi connectivity index (χ1n) is 7.42. The average molecular weight is 266 g/mol. The molecule has 2 fully saturated rings. The SMILES string of the molecule is O=C1C(C2CCCCC2)=COC2CC(O)CC(O)C12. The molecule has 1 aliphatic heterocycles. The minimum Gasteiger partial charge on any atom is -0.497 e. The smallest absolute Gasteiger partial charge is 0.171 e. The largest absolute Gasteiger partial charge is 0.497 e. The van der Waals surface area contributed by atoms with E-state index in [2.05, 4.69) is 0 Å². The van der Waals surface area contributed by atoms with Crippen LogP contribution in [0.25, 0.3) is 0 Å². The van der Waals surface area contributed by atoms with Gasteiger partial charge in [0.05, 0.1) is 24.4 Å². The number of hydrogen-bond acceptors (Lipinski definition) is 4. The number of fused-ring (bicyclic) bond motifs is 1. The lowest BCUT2D eigenvalue weighted by atomic mass is 9.72. The van der Waals surface area contributed by atoms with Gasteiger partial charge in [0.2, 0.25) is 0 Å².